The fourth-order valence-electron chi connectivity index (χ4n) is 3.65. The summed E-state index contributed by atoms with van der Waals surface area (Å²) in [6.07, 6.45) is -13.0. The van der Waals surface area contributed by atoms with Crippen molar-refractivity contribution in [2.24, 2.45) is 0 Å². The SMILES string of the molecule is C[C@H](O)C(OC(OP(=O)(O)OP(O)(=S)OCC1OC(n2cnc3c(O)ncnc32)C(O)C1O)[C@H](O)CO)[C@H](O)CO. The van der Waals surface area contributed by atoms with Crippen LogP contribution in [0.25, 0.3) is 11.2 Å². The van der Waals surface area contributed by atoms with Crippen LogP contribution in [-0.4, -0.2) is 139 Å². The molecule has 0 spiro atoms. The quantitative estimate of drug-likeness (QED) is 0.0654. The fraction of sp³-hybridized carbons (Fsp3) is 0.722. The molecule has 20 nitrogen and oxygen atoms in total. The van der Waals surface area contributed by atoms with Gasteiger partial charge in [0.15, 0.2) is 23.7 Å². The summed E-state index contributed by atoms with van der Waals surface area (Å²) >= 11 is 4.70. The predicted octanol–water partition coefficient (Wildman–Crippen LogP) is -3.68. The molecular weight excluding hydrogens is 622 g/mol. The molecule has 10 N–H and O–H groups in total. The van der Waals surface area contributed by atoms with Gasteiger partial charge < -0.3 is 64.6 Å². The molecule has 41 heavy (non-hydrogen) atoms. The van der Waals surface area contributed by atoms with E-state index in [0.29, 0.717) is 0 Å². The summed E-state index contributed by atoms with van der Waals surface area (Å²) in [5, 5.41) is 78.5. The lowest BCUT2D eigenvalue weighted by molar-refractivity contribution is -0.226. The summed E-state index contributed by atoms with van der Waals surface area (Å²) in [6.45, 7) is -6.39. The summed E-state index contributed by atoms with van der Waals surface area (Å²) in [5.74, 6) is -0.444. The number of ether oxygens (including phenoxy) is 2. The Kier molecular flexibility index (Phi) is 11.6. The van der Waals surface area contributed by atoms with E-state index in [-0.39, 0.29) is 11.2 Å². The highest BCUT2D eigenvalue weighted by Crippen LogP contribution is 2.61. The van der Waals surface area contributed by atoms with Gasteiger partial charge in [0.05, 0.1) is 32.3 Å². The van der Waals surface area contributed by atoms with Crippen LogP contribution in [0.2, 0.25) is 0 Å². The lowest BCUT2D eigenvalue weighted by atomic mass is 10.1. The number of rotatable bonds is 15. The topological polar surface area (TPSA) is 309 Å². The molecule has 1 aliphatic heterocycles. The van der Waals surface area contributed by atoms with Gasteiger partial charge >= 0.3 is 14.5 Å². The van der Waals surface area contributed by atoms with E-state index < -0.39 is 95.5 Å². The molecule has 3 rings (SSSR count). The van der Waals surface area contributed by atoms with Crippen molar-refractivity contribution < 1.29 is 78.0 Å². The van der Waals surface area contributed by atoms with E-state index in [0.717, 1.165) is 19.6 Å². The Morgan fingerprint density at radius 1 is 1.10 bits per heavy atom. The van der Waals surface area contributed by atoms with E-state index in [2.05, 4.69) is 23.8 Å². The zero-order valence-corrected chi connectivity index (χ0v) is 23.6. The van der Waals surface area contributed by atoms with Crippen LogP contribution in [0.1, 0.15) is 13.2 Å². The van der Waals surface area contributed by atoms with E-state index in [1.54, 1.807) is 0 Å². The van der Waals surface area contributed by atoms with E-state index in [1.165, 1.54) is 4.57 Å². The number of aliphatic hydroxyl groups is 7. The number of phosphoric ester groups is 1. The average molecular weight is 652 g/mol. The minimum absolute atomic E-state index is 0.0188. The number of aromatic nitrogens is 4. The third-order valence-corrected chi connectivity index (χ3v) is 9.15. The van der Waals surface area contributed by atoms with Crippen molar-refractivity contribution in [1.29, 1.82) is 0 Å². The first-order valence-electron chi connectivity index (χ1n) is 11.6. The van der Waals surface area contributed by atoms with Gasteiger partial charge in [-0.3, -0.25) is 9.09 Å². The number of nitrogens with zero attached hydrogens (tertiary/aromatic N) is 4. The number of aliphatic hydroxyl groups excluding tert-OH is 7. The fourth-order valence-corrected chi connectivity index (χ4v) is 6.77. The van der Waals surface area contributed by atoms with E-state index in [4.69, 9.17) is 30.9 Å². The number of imidazole rings is 1. The van der Waals surface area contributed by atoms with Gasteiger partial charge in [0.25, 0.3) is 0 Å². The molecule has 3 heterocycles. The zero-order valence-electron chi connectivity index (χ0n) is 21.0. The molecule has 1 aliphatic rings. The molecule has 23 heteroatoms. The van der Waals surface area contributed by atoms with Crippen molar-refractivity contribution in [2.45, 2.75) is 62.2 Å². The first-order chi connectivity index (χ1) is 19.1. The molecule has 8 unspecified atom stereocenters. The van der Waals surface area contributed by atoms with Crippen molar-refractivity contribution in [2.75, 3.05) is 19.8 Å². The molecule has 0 bridgehead atoms. The van der Waals surface area contributed by atoms with Gasteiger partial charge in [0.2, 0.25) is 5.88 Å². The Labute approximate surface area is 235 Å². The van der Waals surface area contributed by atoms with Crippen LogP contribution in [0.15, 0.2) is 12.7 Å². The van der Waals surface area contributed by atoms with Gasteiger partial charge in [-0.15, -0.1) is 0 Å². The number of fused-ring (bicyclic) bond motifs is 1. The standard InChI is InChI=1S/C18H30N4O16P2S/c1-7(25)14(8(26)2-23)36-18(9(27)3-24)37-39(31,32)38-40(33,41)34-4-10-12(28)13(29)17(35-10)22-6-21-11-15(22)19-5-20-16(11)30/h5-10,12-14,17-18,23-29H,2-4H2,1H3,(H,31,32)(H,33,41)(H,19,20,30)/t7-,8+,9+,10?,12?,13?,14?,17?,18?,40?/m0/s1. The number of hydrogen-bond donors (Lipinski definition) is 10. The predicted molar refractivity (Wildman–Crippen MR) is 134 cm³/mol. The first-order valence-corrected chi connectivity index (χ1v) is 15.7. The largest absolute Gasteiger partial charge is 0.492 e. The first kappa shape index (κ1) is 34.2. The van der Waals surface area contributed by atoms with Crippen LogP contribution in [0.4, 0.5) is 0 Å². The Hall–Kier alpha value is -1.33. The molecule has 0 aliphatic carbocycles. The maximum Gasteiger partial charge on any atom is 0.481 e. The monoisotopic (exact) mass is 652 g/mol. The number of aromatic hydroxyl groups is 1. The Morgan fingerprint density at radius 3 is 2.37 bits per heavy atom. The summed E-state index contributed by atoms with van der Waals surface area (Å²) in [7, 11) is -5.49. The second-order valence-corrected chi connectivity index (χ2v) is 13.1. The molecule has 11 atom stereocenters. The van der Waals surface area contributed by atoms with Crippen LogP contribution in [-0.2, 0) is 39.2 Å². The maximum absolute atomic E-state index is 12.5. The summed E-state index contributed by atoms with van der Waals surface area (Å²) in [6, 6.07) is 0. The molecule has 1 fully saturated rings. The summed E-state index contributed by atoms with van der Waals surface area (Å²) < 4.78 is 38.5. The van der Waals surface area contributed by atoms with Crippen LogP contribution < -0.4 is 0 Å². The minimum atomic E-state index is -5.49. The van der Waals surface area contributed by atoms with Crippen LogP contribution in [0.5, 0.6) is 5.88 Å². The third-order valence-electron chi connectivity index (χ3n) is 5.63. The van der Waals surface area contributed by atoms with Crippen molar-refractivity contribution >= 4 is 37.5 Å². The van der Waals surface area contributed by atoms with Gasteiger partial charge in [0, 0.05) is 0 Å². The Balaban J connectivity index is 1.66. The Morgan fingerprint density at radius 2 is 1.76 bits per heavy atom. The highest BCUT2D eigenvalue weighted by Gasteiger charge is 2.46. The minimum Gasteiger partial charge on any atom is -0.492 e. The van der Waals surface area contributed by atoms with E-state index in [9.17, 15) is 50.1 Å². The molecule has 2 aromatic heterocycles. The van der Waals surface area contributed by atoms with Gasteiger partial charge in [-0.05, 0) is 18.7 Å². The second kappa shape index (κ2) is 14.0. The van der Waals surface area contributed by atoms with Gasteiger partial charge in [-0.2, -0.15) is 4.98 Å². The number of hydrogen-bond acceptors (Lipinski definition) is 18. The normalized spacial score (nSPS) is 28.0. The van der Waals surface area contributed by atoms with Gasteiger partial charge in [0.1, 0.15) is 43.0 Å². The molecule has 234 valence electrons. The highest BCUT2D eigenvalue weighted by molar-refractivity contribution is 8.08. The third kappa shape index (κ3) is 8.40. The molecule has 0 saturated carbocycles. The van der Waals surface area contributed by atoms with E-state index in [1.807, 2.05) is 0 Å². The van der Waals surface area contributed by atoms with Crippen molar-refractivity contribution in [1.82, 2.24) is 19.5 Å². The molecule has 2 aromatic rings. The second-order valence-electron chi connectivity index (χ2n) is 8.70. The number of phosphoric acid groups is 1. The van der Waals surface area contributed by atoms with Crippen LogP contribution in [0, 0.1) is 0 Å². The van der Waals surface area contributed by atoms with Crippen LogP contribution >= 0.6 is 14.5 Å². The van der Waals surface area contributed by atoms with E-state index >= 15 is 0 Å². The van der Waals surface area contributed by atoms with Crippen molar-refractivity contribution in [3.8, 4) is 5.88 Å². The zero-order chi connectivity index (χ0) is 30.7. The summed E-state index contributed by atoms with van der Waals surface area (Å²) in [5.41, 5.74) is 0.0326. The molecule has 0 amide bonds. The maximum atomic E-state index is 12.5. The average Bonchev–Trinajstić information content (AvgIpc) is 3.45. The Bertz CT molecular complexity index is 1260. The molecule has 0 aromatic carbocycles. The van der Waals surface area contributed by atoms with Crippen molar-refractivity contribution in [3.05, 3.63) is 12.7 Å². The molecule has 1 saturated heterocycles. The van der Waals surface area contributed by atoms with Crippen LogP contribution in [0.3, 0.4) is 0 Å². The van der Waals surface area contributed by atoms with Gasteiger partial charge in [-0.25, -0.2) is 18.8 Å². The highest BCUT2D eigenvalue weighted by atomic mass is 32.5. The van der Waals surface area contributed by atoms with Gasteiger partial charge in [-0.1, -0.05) is 0 Å². The summed E-state index contributed by atoms with van der Waals surface area (Å²) in [4.78, 5) is 31.9. The smallest absolute Gasteiger partial charge is 0.481 e. The lowest BCUT2D eigenvalue weighted by Gasteiger charge is -2.32. The molecule has 0 radical (unpaired) electrons. The lowest BCUT2D eigenvalue weighted by Crippen LogP contribution is -2.46. The van der Waals surface area contributed by atoms with Crippen molar-refractivity contribution in [3.63, 3.8) is 0 Å². The molecular formula is C18H30N4O16P2S.